The van der Waals surface area contributed by atoms with Crippen molar-refractivity contribution < 1.29 is 9.53 Å². The molecule has 1 aromatic carbocycles. The van der Waals surface area contributed by atoms with Gasteiger partial charge >= 0.3 is 0 Å². The second kappa shape index (κ2) is 4.59. The van der Waals surface area contributed by atoms with Crippen molar-refractivity contribution in [1.82, 2.24) is 4.90 Å². The van der Waals surface area contributed by atoms with Crippen molar-refractivity contribution in [3.63, 3.8) is 0 Å². The lowest BCUT2D eigenvalue weighted by Crippen LogP contribution is -2.35. The number of ketones is 1. The Hall–Kier alpha value is -1.19. The van der Waals surface area contributed by atoms with Gasteiger partial charge in [0.05, 0.1) is 13.2 Å². The summed E-state index contributed by atoms with van der Waals surface area (Å²) in [7, 11) is 0. The van der Waals surface area contributed by atoms with Crippen LogP contribution in [0.2, 0.25) is 0 Å². The molecule has 3 rings (SSSR count). The van der Waals surface area contributed by atoms with Crippen LogP contribution in [-0.2, 0) is 17.7 Å². The smallest absolute Gasteiger partial charge is 0.163 e. The first kappa shape index (κ1) is 10.9. The molecular formula is C14H17NO2. The second-order valence-corrected chi connectivity index (χ2v) is 4.80. The topological polar surface area (TPSA) is 29.5 Å². The Morgan fingerprint density at radius 1 is 1.18 bits per heavy atom. The number of morpholine rings is 1. The normalized spacial score (nSPS) is 20.6. The predicted molar refractivity (Wildman–Crippen MR) is 65.2 cm³/mol. The molecule has 90 valence electrons. The summed E-state index contributed by atoms with van der Waals surface area (Å²) in [6.45, 7) is 4.67. The quantitative estimate of drug-likeness (QED) is 0.775. The molecule has 0 unspecified atom stereocenters. The van der Waals surface area contributed by atoms with E-state index in [-0.39, 0.29) is 0 Å². The number of ether oxygens (including phenoxy) is 1. The minimum Gasteiger partial charge on any atom is -0.379 e. The number of rotatable bonds is 2. The van der Waals surface area contributed by atoms with Gasteiger partial charge in [-0.2, -0.15) is 0 Å². The molecule has 3 nitrogen and oxygen atoms in total. The van der Waals surface area contributed by atoms with Crippen LogP contribution in [0.15, 0.2) is 18.2 Å². The standard InChI is InChI=1S/C14H17NO2/c16-14-4-2-12-9-11(1-3-13(12)14)10-15-5-7-17-8-6-15/h1,3,9H,2,4-8,10H2. The Balaban J connectivity index is 1.73. The number of carbonyl (C=O) groups is 1. The fourth-order valence-electron chi connectivity index (χ4n) is 2.62. The molecular weight excluding hydrogens is 214 g/mol. The van der Waals surface area contributed by atoms with Crippen molar-refractivity contribution in [2.75, 3.05) is 26.3 Å². The molecule has 1 saturated heterocycles. The van der Waals surface area contributed by atoms with Gasteiger partial charge in [0.25, 0.3) is 0 Å². The lowest BCUT2D eigenvalue weighted by molar-refractivity contribution is 0.0342. The first-order valence-electron chi connectivity index (χ1n) is 6.28. The number of benzene rings is 1. The van der Waals surface area contributed by atoms with Crippen LogP contribution in [0.25, 0.3) is 0 Å². The number of hydrogen-bond acceptors (Lipinski definition) is 3. The first-order chi connectivity index (χ1) is 8.33. The molecule has 1 heterocycles. The molecule has 1 fully saturated rings. The maximum atomic E-state index is 11.5. The van der Waals surface area contributed by atoms with E-state index >= 15 is 0 Å². The highest BCUT2D eigenvalue weighted by molar-refractivity contribution is 6.00. The Bertz CT molecular complexity index is 436. The van der Waals surface area contributed by atoms with Crippen LogP contribution in [0.5, 0.6) is 0 Å². The van der Waals surface area contributed by atoms with E-state index in [9.17, 15) is 4.79 Å². The lowest BCUT2D eigenvalue weighted by atomic mass is 10.1. The zero-order valence-electron chi connectivity index (χ0n) is 9.95. The van der Waals surface area contributed by atoms with Crippen molar-refractivity contribution in [2.24, 2.45) is 0 Å². The van der Waals surface area contributed by atoms with E-state index in [1.54, 1.807) is 0 Å². The van der Waals surface area contributed by atoms with Crippen LogP contribution >= 0.6 is 0 Å². The summed E-state index contributed by atoms with van der Waals surface area (Å²) in [5.74, 6) is 0.304. The van der Waals surface area contributed by atoms with Gasteiger partial charge in [-0.1, -0.05) is 18.2 Å². The van der Waals surface area contributed by atoms with E-state index in [1.165, 1.54) is 11.1 Å². The van der Waals surface area contributed by atoms with Gasteiger partial charge in [-0.3, -0.25) is 9.69 Å². The van der Waals surface area contributed by atoms with Crippen LogP contribution in [0.4, 0.5) is 0 Å². The Kier molecular flexibility index (Phi) is 2.95. The van der Waals surface area contributed by atoms with Crippen LogP contribution < -0.4 is 0 Å². The third-order valence-electron chi connectivity index (χ3n) is 3.60. The van der Waals surface area contributed by atoms with Gasteiger partial charge in [-0.15, -0.1) is 0 Å². The summed E-state index contributed by atoms with van der Waals surface area (Å²) >= 11 is 0. The van der Waals surface area contributed by atoms with E-state index in [0.29, 0.717) is 12.2 Å². The summed E-state index contributed by atoms with van der Waals surface area (Å²) in [5.41, 5.74) is 3.50. The highest BCUT2D eigenvalue weighted by Gasteiger charge is 2.19. The summed E-state index contributed by atoms with van der Waals surface area (Å²) in [5, 5.41) is 0. The van der Waals surface area contributed by atoms with Crippen LogP contribution in [0.1, 0.15) is 27.9 Å². The van der Waals surface area contributed by atoms with E-state index < -0.39 is 0 Å². The third kappa shape index (κ3) is 2.26. The highest BCUT2D eigenvalue weighted by atomic mass is 16.5. The molecule has 17 heavy (non-hydrogen) atoms. The summed E-state index contributed by atoms with van der Waals surface area (Å²) in [6, 6.07) is 6.30. The largest absolute Gasteiger partial charge is 0.379 e. The summed E-state index contributed by atoms with van der Waals surface area (Å²) in [6.07, 6.45) is 1.61. The molecule has 0 spiro atoms. The van der Waals surface area contributed by atoms with E-state index in [0.717, 1.165) is 44.8 Å². The minimum absolute atomic E-state index is 0.304. The fourth-order valence-corrected chi connectivity index (χ4v) is 2.62. The SMILES string of the molecule is O=C1CCc2cc(CN3CCOCC3)ccc21. The number of aryl methyl sites for hydroxylation is 1. The average Bonchev–Trinajstić information content (AvgIpc) is 2.72. The van der Waals surface area contributed by atoms with Crippen molar-refractivity contribution in [1.29, 1.82) is 0 Å². The number of fused-ring (bicyclic) bond motifs is 1. The van der Waals surface area contributed by atoms with E-state index in [2.05, 4.69) is 17.0 Å². The molecule has 1 aliphatic carbocycles. The third-order valence-corrected chi connectivity index (χ3v) is 3.60. The molecule has 0 amide bonds. The first-order valence-corrected chi connectivity index (χ1v) is 6.28. The van der Waals surface area contributed by atoms with Gasteiger partial charge in [0, 0.05) is 31.6 Å². The van der Waals surface area contributed by atoms with Crippen molar-refractivity contribution in [3.8, 4) is 0 Å². The second-order valence-electron chi connectivity index (χ2n) is 4.80. The molecule has 0 saturated carbocycles. The Morgan fingerprint density at radius 3 is 2.82 bits per heavy atom. The Labute approximate surface area is 101 Å². The molecule has 0 radical (unpaired) electrons. The maximum Gasteiger partial charge on any atom is 0.163 e. The monoisotopic (exact) mass is 231 g/mol. The van der Waals surface area contributed by atoms with Crippen LogP contribution in [-0.4, -0.2) is 37.0 Å². The summed E-state index contributed by atoms with van der Waals surface area (Å²) in [4.78, 5) is 13.9. The van der Waals surface area contributed by atoms with Gasteiger partial charge in [-0.05, 0) is 17.5 Å². The molecule has 2 aliphatic rings. The molecule has 3 heteroatoms. The number of nitrogens with zero attached hydrogens (tertiary/aromatic N) is 1. The van der Waals surface area contributed by atoms with E-state index in [1.807, 2.05) is 6.07 Å². The zero-order valence-corrected chi connectivity index (χ0v) is 9.95. The summed E-state index contributed by atoms with van der Waals surface area (Å²) < 4.78 is 5.34. The van der Waals surface area contributed by atoms with Gasteiger partial charge in [0.1, 0.15) is 0 Å². The fraction of sp³-hybridized carbons (Fsp3) is 0.500. The number of carbonyl (C=O) groups excluding carboxylic acids is 1. The molecule has 0 bridgehead atoms. The lowest BCUT2D eigenvalue weighted by Gasteiger charge is -2.26. The van der Waals surface area contributed by atoms with Crippen LogP contribution in [0, 0.1) is 0 Å². The zero-order chi connectivity index (χ0) is 11.7. The minimum atomic E-state index is 0.304. The van der Waals surface area contributed by atoms with Gasteiger partial charge < -0.3 is 4.74 Å². The number of hydrogen-bond donors (Lipinski definition) is 0. The van der Waals surface area contributed by atoms with Crippen molar-refractivity contribution >= 4 is 5.78 Å². The van der Waals surface area contributed by atoms with Crippen LogP contribution in [0.3, 0.4) is 0 Å². The van der Waals surface area contributed by atoms with Crippen molar-refractivity contribution in [2.45, 2.75) is 19.4 Å². The molecule has 0 atom stereocenters. The molecule has 1 aliphatic heterocycles. The van der Waals surface area contributed by atoms with Gasteiger partial charge in [0.2, 0.25) is 0 Å². The number of Topliss-reactive ketones (excluding diaryl/α,β-unsaturated/α-hetero) is 1. The molecule has 1 aromatic rings. The predicted octanol–water partition coefficient (Wildman–Crippen LogP) is 1.65. The average molecular weight is 231 g/mol. The van der Waals surface area contributed by atoms with Crippen molar-refractivity contribution in [3.05, 3.63) is 34.9 Å². The van der Waals surface area contributed by atoms with Gasteiger partial charge in [0.15, 0.2) is 5.78 Å². The maximum absolute atomic E-state index is 11.5. The molecule has 0 aromatic heterocycles. The van der Waals surface area contributed by atoms with E-state index in [4.69, 9.17) is 4.74 Å². The molecule has 0 N–H and O–H groups in total. The Morgan fingerprint density at radius 2 is 2.00 bits per heavy atom. The van der Waals surface area contributed by atoms with Gasteiger partial charge in [-0.25, -0.2) is 0 Å². The highest BCUT2D eigenvalue weighted by Crippen LogP contribution is 2.23.